The molecule has 0 aromatic heterocycles. The van der Waals surface area contributed by atoms with E-state index in [1.165, 1.54) is 70.6 Å². The maximum Gasteiger partial charge on any atom is 0.247 e. The fraction of sp³-hybridized carbons (Fsp3) is 0.474. The molecule has 7 heteroatoms. The molecule has 0 saturated carbocycles. The maximum absolute atomic E-state index is 12.8. The third-order valence-corrected chi connectivity index (χ3v) is 8.23. The third kappa shape index (κ3) is 11.5. The molecule has 0 fully saturated rings. The number of hydrogen-bond donors (Lipinski definition) is 0. The minimum absolute atomic E-state index is 0. The van der Waals surface area contributed by atoms with Gasteiger partial charge in [0.25, 0.3) is 0 Å². The second-order valence-corrected chi connectivity index (χ2v) is 11.8. The Labute approximate surface area is 281 Å². The minimum atomic E-state index is -0.0204. The van der Waals surface area contributed by atoms with E-state index >= 15 is 0 Å². The molecule has 2 heterocycles. The number of carbonyl (C=O) groups is 1. The fourth-order valence-corrected chi connectivity index (χ4v) is 5.70. The summed E-state index contributed by atoms with van der Waals surface area (Å²) in [6, 6.07) is 14.1. The summed E-state index contributed by atoms with van der Waals surface area (Å²) in [5.74, 6) is 2.34. The van der Waals surface area contributed by atoms with Crippen LogP contribution in [-0.2, 0) is 17.8 Å². The summed E-state index contributed by atoms with van der Waals surface area (Å²) < 4.78 is 11.8. The van der Waals surface area contributed by atoms with Crippen molar-refractivity contribution in [2.45, 2.75) is 104 Å². The number of methoxy groups -OCH3 is 1. The van der Waals surface area contributed by atoms with Gasteiger partial charge in [-0.15, -0.1) is 0 Å². The summed E-state index contributed by atoms with van der Waals surface area (Å²) in [5, 5.41) is 0. The molecule has 2 aromatic carbocycles. The van der Waals surface area contributed by atoms with Crippen molar-refractivity contribution in [1.29, 1.82) is 0 Å². The average Bonchev–Trinajstić information content (AvgIpc) is 3.45. The van der Waals surface area contributed by atoms with E-state index in [0.29, 0.717) is 25.3 Å². The maximum atomic E-state index is 12.8. The molecule has 2 aromatic rings. The van der Waals surface area contributed by atoms with Crippen LogP contribution in [0.25, 0.3) is 0 Å². The lowest BCUT2D eigenvalue weighted by molar-refractivity contribution is -0.116. The first-order valence-corrected chi connectivity index (χ1v) is 16.6. The molecule has 0 aliphatic carbocycles. The van der Waals surface area contributed by atoms with Crippen molar-refractivity contribution >= 4 is 17.4 Å². The van der Waals surface area contributed by atoms with Crippen molar-refractivity contribution in [3.63, 3.8) is 0 Å². The molecule has 45 heavy (non-hydrogen) atoms. The van der Waals surface area contributed by atoms with Gasteiger partial charge >= 0.3 is 0 Å². The number of anilines is 1. The molecular weight excluding hydrogens is 626 g/mol. The van der Waals surface area contributed by atoms with Gasteiger partial charge in [-0.25, -0.2) is 4.90 Å². The number of hydrogen-bond acceptors (Lipinski definition) is 5. The number of halogens is 1. The number of nitrogens with zero attached hydrogens (tertiary/aromatic N) is 3. The molecule has 0 spiro atoms. The Bertz CT molecular complexity index is 1330. The first-order chi connectivity index (χ1) is 21.6. The van der Waals surface area contributed by atoms with Crippen molar-refractivity contribution < 1.29 is 31.2 Å². The van der Waals surface area contributed by atoms with Gasteiger partial charge in [0.15, 0.2) is 17.7 Å². The number of carbonyl (C=O) groups excluding carboxylic acids is 1. The van der Waals surface area contributed by atoms with Gasteiger partial charge in [-0.2, -0.15) is 0 Å². The third-order valence-electron chi connectivity index (χ3n) is 8.23. The summed E-state index contributed by atoms with van der Waals surface area (Å²) in [7, 11) is 1.67. The highest BCUT2D eigenvalue weighted by atomic mass is 79.9. The highest BCUT2D eigenvalue weighted by molar-refractivity contribution is 5.92. The van der Waals surface area contributed by atoms with Gasteiger partial charge < -0.3 is 31.4 Å². The van der Waals surface area contributed by atoms with Gasteiger partial charge in [-0.05, 0) is 54.0 Å². The Hall–Kier alpha value is -3.41. The number of fused-ring (bicyclic) bond motifs is 1. The largest absolute Gasteiger partial charge is 1.00 e. The van der Waals surface area contributed by atoms with Crippen LogP contribution in [0.15, 0.2) is 77.6 Å². The molecular formula is C38H50BrN3O3. The van der Waals surface area contributed by atoms with Crippen LogP contribution in [0.5, 0.6) is 11.5 Å². The van der Waals surface area contributed by atoms with Crippen LogP contribution < -0.4 is 31.4 Å². The molecule has 2 aliphatic rings. The van der Waals surface area contributed by atoms with Crippen LogP contribution >= 0.6 is 0 Å². The lowest BCUT2D eigenvalue weighted by atomic mass is 10.1. The predicted molar refractivity (Wildman–Crippen MR) is 181 cm³/mol. The van der Waals surface area contributed by atoms with Crippen molar-refractivity contribution in [2.24, 2.45) is 4.99 Å². The Balaban J connectivity index is 0.00000552. The van der Waals surface area contributed by atoms with Gasteiger partial charge in [0, 0.05) is 18.8 Å². The molecule has 0 N–H and O–H groups in total. The summed E-state index contributed by atoms with van der Waals surface area (Å²) in [6.07, 6.45) is 27.6. The van der Waals surface area contributed by atoms with Crippen LogP contribution in [-0.4, -0.2) is 30.4 Å². The number of benzene rings is 2. The molecule has 6 nitrogen and oxygen atoms in total. The van der Waals surface area contributed by atoms with Crippen LogP contribution in [0.4, 0.5) is 5.69 Å². The van der Waals surface area contributed by atoms with E-state index in [4.69, 9.17) is 9.47 Å². The normalized spacial score (nSPS) is 13.0. The molecule has 0 radical (unpaired) electrons. The molecule has 2 aliphatic heterocycles. The molecule has 4 rings (SSSR count). The van der Waals surface area contributed by atoms with Gasteiger partial charge in [-0.3, -0.25) is 4.79 Å². The first kappa shape index (κ1) is 36.1. The van der Waals surface area contributed by atoms with Gasteiger partial charge in [-0.1, -0.05) is 101 Å². The number of allylic oxidation sites excluding steroid dienone is 3. The minimum Gasteiger partial charge on any atom is -1.00 e. The van der Waals surface area contributed by atoms with E-state index in [0.717, 1.165) is 40.5 Å². The number of amidine groups is 1. The van der Waals surface area contributed by atoms with E-state index in [1.54, 1.807) is 18.9 Å². The number of ether oxygens (including phenoxy) is 2. The first-order valence-electron chi connectivity index (χ1n) is 16.6. The van der Waals surface area contributed by atoms with E-state index in [1.807, 2.05) is 59.7 Å². The SMILES string of the molecule is CCCCCCCCCCCCCCOc1ccc(CN(C(C)=O)c2cccc(CC3=N[C+]=C4C=CC=CN43)c2)cc1OC.[Br-]. The number of unbranched alkanes of at least 4 members (excludes halogenated alkanes) is 11. The van der Waals surface area contributed by atoms with Crippen molar-refractivity contribution in [3.05, 3.63) is 89.9 Å². The highest BCUT2D eigenvalue weighted by Crippen LogP contribution is 2.30. The highest BCUT2D eigenvalue weighted by Gasteiger charge is 2.28. The Kier molecular flexibility index (Phi) is 15.9. The zero-order valence-electron chi connectivity index (χ0n) is 27.4. The lowest BCUT2D eigenvalue weighted by Gasteiger charge is -2.23. The second kappa shape index (κ2) is 19.9. The van der Waals surface area contributed by atoms with Gasteiger partial charge in [0.2, 0.25) is 17.4 Å². The monoisotopic (exact) mass is 675 g/mol. The lowest BCUT2D eigenvalue weighted by Crippen LogP contribution is -3.00. The van der Waals surface area contributed by atoms with Crippen molar-refractivity contribution in [2.75, 3.05) is 18.6 Å². The van der Waals surface area contributed by atoms with Crippen molar-refractivity contribution in [1.82, 2.24) is 4.90 Å². The number of amides is 1. The predicted octanol–water partition coefficient (Wildman–Crippen LogP) is 6.32. The summed E-state index contributed by atoms with van der Waals surface area (Å²) >= 11 is 0. The van der Waals surface area contributed by atoms with Crippen LogP contribution in [0.1, 0.15) is 102 Å². The molecule has 0 bridgehead atoms. The van der Waals surface area contributed by atoms with Gasteiger partial charge in [0.1, 0.15) is 0 Å². The molecule has 242 valence electrons. The second-order valence-electron chi connectivity index (χ2n) is 11.8. The molecule has 0 unspecified atom stereocenters. The Morgan fingerprint density at radius 3 is 2.27 bits per heavy atom. The Morgan fingerprint density at radius 1 is 0.867 bits per heavy atom. The van der Waals surface area contributed by atoms with E-state index in [9.17, 15) is 4.79 Å². The number of aliphatic imine (C=N–C) groups is 1. The summed E-state index contributed by atoms with van der Waals surface area (Å²) in [6.45, 7) is 5.00. The van der Waals surface area contributed by atoms with E-state index in [-0.39, 0.29) is 22.9 Å². The smallest absolute Gasteiger partial charge is 0.247 e. The van der Waals surface area contributed by atoms with Crippen molar-refractivity contribution in [3.8, 4) is 11.5 Å². The molecule has 1 amide bonds. The average molecular weight is 677 g/mol. The van der Waals surface area contributed by atoms with E-state index < -0.39 is 0 Å². The summed E-state index contributed by atoms with van der Waals surface area (Å²) in [4.78, 5) is 21.1. The zero-order chi connectivity index (χ0) is 31.0. The number of rotatable bonds is 20. The Morgan fingerprint density at radius 2 is 1.58 bits per heavy atom. The topological polar surface area (TPSA) is 54.4 Å². The fourth-order valence-electron chi connectivity index (χ4n) is 5.70. The standard InChI is InChI=1S/C38H50N3O3.BrH/c1-4-5-6-7-8-9-10-11-12-13-14-17-25-44-36-23-22-33(27-37(36)43-3)30-41(31(2)42)34-21-18-19-32(26-34)28-38-39-29-35-20-15-16-24-40(35)38;/h15-16,18-24,26-27H,4-14,17,25,28,30H2,1-3H3;1H/q+1;/p-1. The van der Waals surface area contributed by atoms with Gasteiger partial charge in [0.05, 0.1) is 32.8 Å². The molecule has 0 atom stereocenters. The van der Waals surface area contributed by atoms with Crippen LogP contribution in [0, 0.1) is 6.20 Å². The van der Waals surface area contributed by atoms with Crippen LogP contribution in [0.3, 0.4) is 0 Å². The zero-order valence-corrected chi connectivity index (χ0v) is 29.0. The molecule has 0 saturated heterocycles. The summed E-state index contributed by atoms with van der Waals surface area (Å²) in [5.41, 5.74) is 3.86. The van der Waals surface area contributed by atoms with E-state index in [2.05, 4.69) is 30.2 Å². The quantitative estimate of drug-likeness (QED) is 0.122. The van der Waals surface area contributed by atoms with Crippen LogP contribution in [0.2, 0.25) is 0 Å².